The molecule has 1 N–H and O–H groups in total. The first-order chi connectivity index (χ1) is 10.1. The zero-order valence-electron chi connectivity index (χ0n) is 12.4. The van der Waals surface area contributed by atoms with Crippen LogP contribution in [-0.4, -0.2) is 52.8 Å². The van der Waals surface area contributed by atoms with Crippen LogP contribution < -0.4 is 0 Å². The molecule has 2 heterocycles. The molecule has 1 saturated heterocycles. The summed E-state index contributed by atoms with van der Waals surface area (Å²) in [4.78, 5) is 18.4. The first-order valence-electron chi connectivity index (χ1n) is 7.09. The zero-order chi connectivity index (χ0) is 15.2. The summed E-state index contributed by atoms with van der Waals surface area (Å²) in [5, 5.41) is 8.72. The van der Waals surface area contributed by atoms with Crippen molar-refractivity contribution in [1.82, 2.24) is 9.88 Å². The van der Waals surface area contributed by atoms with Crippen molar-refractivity contribution in [1.29, 1.82) is 0 Å². The maximum absolute atomic E-state index is 12.5. The average molecular weight is 288 g/mol. The van der Waals surface area contributed by atoms with Crippen molar-refractivity contribution in [3.05, 3.63) is 29.6 Å². The van der Waals surface area contributed by atoms with Gasteiger partial charge in [-0.25, -0.2) is 0 Å². The second-order valence-electron chi connectivity index (χ2n) is 5.21. The molecule has 2 rings (SSSR count). The van der Waals surface area contributed by atoms with Crippen LogP contribution in [0.5, 0.6) is 0 Å². The van der Waals surface area contributed by atoms with Gasteiger partial charge in [-0.05, 0) is 19.9 Å². The van der Waals surface area contributed by atoms with E-state index in [2.05, 4.69) is 16.8 Å². The molecule has 2 atom stereocenters. The molecule has 0 saturated carbocycles. The Balaban J connectivity index is 2.12. The number of aliphatic hydroxyl groups excluding tert-OH is 1. The molecule has 1 aliphatic heterocycles. The Morgan fingerprint density at radius 3 is 2.81 bits per heavy atom. The Hall–Kier alpha value is -1.90. The van der Waals surface area contributed by atoms with Gasteiger partial charge in [0.05, 0.1) is 24.4 Å². The van der Waals surface area contributed by atoms with Crippen molar-refractivity contribution in [2.75, 3.05) is 19.7 Å². The van der Waals surface area contributed by atoms with E-state index < -0.39 is 0 Å². The highest BCUT2D eigenvalue weighted by Crippen LogP contribution is 2.14. The smallest absolute Gasteiger partial charge is 0.255 e. The number of rotatable bonds is 2. The van der Waals surface area contributed by atoms with Gasteiger partial charge >= 0.3 is 0 Å². The molecule has 21 heavy (non-hydrogen) atoms. The summed E-state index contributed by atoms with van der Waals surface area (Å²) in [6.45, 7) is 5.13. The quantitative estimate of drug-likeness (QED) is 0.827. The van der Waals surface area contributed by atoms with Crippen LogP contribution >= 0.6 is 0 Å². The molecule has 1 aromatic heterocycles. The Morgan fingerprint density at radius 1 is 1.43 bits per heavy atom. The van der Waals surface area contributed by atoms with E-state index in [-0.39, 0.29) is 24.7 Å². The summed E-state index contributed by atoms with van der Waals surface area (Å²) < 4.78 is 5.64. The molecule has 0 aromatic carbocycles. The van der Waals surface area contributed by atoms with Crippen molar-refractivity contribution >= 4 is 5.91 Å². The highest BCUT2D eigenvalue weighted by Gasteiger charge is 2.26. The molecule has 0 aliphatic carbocycles. The number of amides is 1. The maximum Gasteiger partial charge on any atom is 0.255 e. The van der Waals surface area contributed by atoms with Gasteiger partial charge in [-0.15, -0.1) is 0 Å². The fourth-order valence-corrected chi connectivity index (χ4v) is 2.37. The molecule has 0 bridgehead atoms. The molecule has 112 valence electrons. The number of aliphatic hydroxyl groups is 1. The summed E-state index contributed by atoms with van der Waals surface area (Å²) in [7, 11) is 0. The van der Waals surface area contributed by atoms with E-state index in [1.165, 1.54) is 0 Å². The summed E-state index contributed by atoms with van der Waals surface area (Å²) in [6, 6.07) is 1.74. The predicted octanol–water partition coefficient (Wildman–Crippen LogP) is 1.06. The van der Waals surface area contributed by atoms with Gasteiger partial charge in [-0.3, -0.25) is 9.78 Å². The molecule has 1 aliphatic rings. The molecular formula is C16H20N2O3. The van der Waals surface area contributed by atoms with Crippen molar-refractivity contribution in [3.63, 3.8) is 0 Å². The molecule has 1 fully saturated rings. The standard InChI is InChI=1S/C16H20N2O3/c1-12-10-18(11-13(2)21-12)16(20)15-7-14(8-17-9-15)5-3-4-6-19/h7-9,12-13,19H,4,6,10-11H2,1-2H3. The molecule has 0 radical (unpaired) electrons. The monoisotopic (exact) mass is 288 g/mol. The van der Waals surface area contributed by atoms with E-state index in [1.54, 1.807) is 23.4 Å². The van der Waals surface area contributed by atoms with Gasteiger partial charge in [-0.1, -0.05) is 11.8 Å². The minimum atomic E-state index is -0.0460. The Morgan fingerprint density at radius 2 is 2.14 bits per heavy atom. The van der Waals surface area contributed by atoms with Crippen molar-refractivity contribution in [3.8, 4) is 11.8 Å². The third-order valence-corrected chi connectivity index (χ3v) is 3.16. The van der Waals surface area contributed by atoms with E-state index in [9.17, 15) is 4.79 Å². The molecule has 1 amide bonds. The van der Waals surface area contributed by atoms with Gasteiger partial charge in [0.1, 0.15) is 0 Å². The highest BCUT2D eigenvalue weighted by atomic mass is 16.5. The van der Waals surface area contributed by atoms with Gasteiger partial charge in [0.25, 0.3) is 5.91 Å². The van der Waals surface area contributed by atoms with Crippen molar-refractivity contribution in [2.45, 2.75) is 32.5 Å². The number of ether oxygens (including phenoxy) is 1. The average Bonchev–Trinajstić information content (AvgIpc) is 2.46. The SMILES string of the molecule is CC1CN(C(=O)c2cncc(C#CCCO)c2)CC(C)O1. The minimum absolute atomic E-state index is 0.0304. The lowest BCUT2D eigenvalue weighted by atomic mass is 10.1. The number of carbonyl (C=O) groups excluding carboxylic acids is 1. The van der Waals surface area contributed by atoms with Crippen molar-refractivity contribution < 1.29 is 14.6 Å². The lowest BCUT2D eigenvalue weighted by molar-refractivity contribution is -0.0586. The fourth-order valence-electron chi connectivity index (χ4n) is 2.37. The van der Waals surface area contributed by atoms with Crippen molar-refractivity contribution in [2.24, 2.45) is 0 Å². The van der Waals surface area contributed by atoms with Gasteiger partial charge in [0, 0.05) is 37.5 Å². The summed E-state index contributed by atoms with van der Waals surface area (Å²) in [5.74, 6) is 5.67. The molecule has 5 nitrogen and oxygen atoms in total. The van der Waals surface area contributed by atoms with Crippen LogP contribution in [0.1, 0.15) is 36.2 Å². The summed E-state index contributed by atoms with van der Waals surface area (Å²) in [5.41, 5.74) is 1.22. The Bertz CT molecular complexity index is 552. The van der Waals surface area contributed by atoms with E-state index in [0.717, 1.165) is 0 Å². The number of pyridine rings is 1. The van der Waals surface area contributed by atoms with Crippen LogP contribution in [0.2, 0.25) is 0 Å². The normalized spacial score (nSPS) is 21.6. The second-order valence-corrected chi connectivity index (χ2v) is 5.21. The number of aromatic nitrogens is 1. The third kappa shape index (κ3) is 4.28. The molecular weight excluding hydrogens is 268 g/mol. The Kier molecular flexibility index (Phi) is 5.32. The number of carbonyl (C=O) groups is 1. The van der Waals surface area contributed by atoms with Crippen LogP contribution in [0.4, 0.5) is 0 Å². The summed E-state index contributed by atoms with van der Waals surface area (Å²) >= 11 is 0. The molecule has 2 unspecified atom stereocenters. The molecule has 1 aromatic rings. The molecule has 5 heteroatoms. The van der Waals surface area contributed by atoms with E-state index in [1.807, 2.05) is 13.8 Å². The zero-order valence-corrected chi connectivity index (χ0v) is 12.4. The number of nitrogens with zero attached hydrogens (tertiary/aromatic N) is 2. The van der Waals surface area contributed by atoms with Crippen LogP contribution in [0.3, 0.4) is 0 Å². The lowest BCUT2D eigenvalue weighted by Gasteiger charge is -2.35. The van der Waals surface area contributed by atoms with Gasteiger partial charge in [0.15, 0.2) is 0 Å². The first kappa shape index (κ1) is 15.5. The van der Waals surface area contributed by atoms with E-state index in [0.29, 0.717) is 30.6 Å². The number of hydrogen-bond acceptors (Lipinski definition) is 4. The minimum Gasteiger partial charge on any atom is -0.395 e. The third-order valence-electron chi connectivity index (χ3n) is 3.16. The molecule has 0 spiro atoms. The van der Waals surface area contributed by atoms with E-state index >= 15 is 0 Å². The number of hydrogen-bond donors (Lipinski definition) is 1. The number of morpholine rings is 1. The predicted molar refractivity (Wildman–Crippen MR) is 78.7 cm³/mol. The van der Waals surface area contributed by atoms with Crippen LogP contribution in [0.25, 0.3) is 0 Å². The largest absolute Gasteiger partial charge is 0.395 e. The van der Waals surface area contributed by atoms with Gasteiger partial charge in [-0.2, -0.15) is 0 Å². The first-order valence-corrected chi connectivity index (χ1v) is 7.09. The maximum atomic E-state index is 12.5. The van der Waals surface area contributed by atoms with E-state index in [4.69, 9.17) is 9.84 Å². The van der Waals surface area contributed by atoms with Gasteiger partial charge < -0.3 is 14.7 Å². The Labute approximate surface area is 124 Å². The van der Waals surface area contributed by atoms with Crippen LogP contribution in [-0.2, 0) is 4.74 Å². The lowest BCUT2D eigenvalue weighted by Crippen LogP contribution is -2.48. The highest BCUT2D eigenvalue weighted by molar-refractivity contribution is 5.94. The fraction of sp³-hybridized carbons (Fsp3) is 0.500. The van der Waals surface area contributed by atoms with Crippen LogP contribution in [0.15, 0.2) is 18.5 Å². The van der Waals surface area contributed by atoms with Crippen LogP contribution in [0, 0.1) is 11.8 Å². The topological polar surface area (TPSA) is 62.7 Å². The second kappa shape index (κ2) is 7.21. The van der Waals surface area contributed by atoms with Gasteiger partial charge in [0.2, 0.25) is 0 Å². The summed E-state index contributed by atoms with van der Waals surface area (Å²) in [6.07, 6.45) is 3.67.